The van der Waals surface area contributed by atoms with Crippen LogP contribution in [0.3, 0.4) is 0 Å². The molecule has 2 saturated heterocycles. The van der Waals surface area contributed by atoms with E-state index in [1.807, 2.05) is 12.1 Å². The van der Waals surface area contributed by atoms with Crippen LogP contribution in [0.1, 0.15) is 30.5 Å². The molecular weight excluding hydrogens is 464 g/mol. The fourth-order valence-electron chi connectivity index (χ4n) is 7.08. The molecule has 0 spiro atoms. The van der Waals surface area contributed by atoms with Crippen LogP contribution in [-0.4, -0.2) is 90.0 Å². The number of aromatic amines is 1. The third-order valence-electron chi connectivity index (χ3n) is 8.37. The molecule has 2 aromatic rings. The zero-order chi connectivity index (χ0) is 25.3. The quantitative estimate of drug-likeness (QED) is 0.285. The number of nitrogens with zero attached hydrogens (tertiary/aromatic N) is 1. The predicted molar refractivity (Wildman–Crippen MR) is 134 cm³/mol. The minimum absolute atomic E-state index is 0.0612. The third kappa shape index (κ3) is 4.16. The summed E-state index contributed by atoms with van der Waals surface area (Å²) >= 11 is 0. The molecule has 0 amide bonds. The minimum atomic E-state index is -0.735. The number of nitrogens with one attached hydrogen (secondary N) is 1. The van der Waals surface area contributed by atoms with E-state index in [4.69, 9.17) is 28.4 Å². The standard InChI is InChI=1S/C27H38N2O7/c1-31-9-10-36-16-35-8-6-18-11-17-14-27(26(30)34-4)24-19(5-7-29(15-17)25(18)27)20-12-22(32-2)23(33-3)13-21(20)28-24/h12-13,17-18,25,28H,5-11,14-16H2,1-4H3/t17-,18?,25?,27?/m0/s1. The van der Waals surface area contributed by atoms with Gasteiger partial charge < -0.3 is 33.4 Å². The van der Waals surface area contributed by atoms with E-state index in [1.54, 1.807) is 21.3 Å². The van der Waals surface area contributed by atoms with Gasteiger partial charge in [-0.3, -0.25) is 9.69 Å². The lowest BCUT2D eigenvalue weighted by molar-refractivity contribution is -0.163. The van der Waals surface area contributed by atoms with Gasteiger partial charge in [0.05, 0.1) is 34.5 Å². The Kier molecular flexibility index (Phi) is 7.44. The van der Waals surface area contributed by atoms with Crippen molar-refractivity contribution >= 4 is 16.9 Å². The number of rotatable bonds is 11. The van der Waals surface area contributed by atoms with E-state index in [1.165, 1.54) is 12.7 Å². The van der Waals surface area contributed by atoms with Crippen molar-refractivity contribution < 1.29 is 33.2 Å². The number of esters is 1. The van der Waals surface area contributed by atoms with Crippen molar-refractivity contribution in [1.82, 2.24) is 9.88 Å². The summed E-state index contributed by atoms with van der Waals surface area (Å²) in [6, 6.07) is 4.07. The smallest absolute Gasteiger partial charge is 0.319 e. The highest BCUT2D eigenvalue weighted by atomic mass is 16.7. The van der Waals surface area contributed by atoms with Crippen molar-refractivity contribution in [3.8, 4) is 11.5 Å². The Morgan fingerprint density at radius 1 is 1.08 bits per heavy atom. The molecule has 4 aliphatic rings. The average Bonchev–Trinajstić information content (AvgIpc) is 3.23. The highest BCUT2D eigenvalue weighted by Crippen LogP contribution is 2.55. The summed E-state index contributed by atoms with van der Waals surface area (Å²) in [6.45, 7) is 3.86. The molecule has 1 aromatic heterocycles. The lowest BCUT2D eigenvalue weighted by Crippen LogP contribution is -2.67. The van der Waals surface area contributed by atoms with Gasteiger partial charge >= 0.3 is 5.97 Å². The lowest BCUT2D eigenvalue weighted by Gasteiger charge is -2.58. The summed E-state index contributed by atoms with van der Waals surface area (Å²) in [6.07, 6.45) is 3.64. The first-order chi connectivity index (χ1) is 17.6. The van der Waals surface area contributed by atoms with Crippen molar-refractivity contribution in [2.75, 3.05) is 68.1 Å². The topological polar surface area (TPSA) is 91.5 Å². The predicted octanol–water partition coefficient (Wildman–Crippen LogP) is 2.89. The first-order valence-corrected chi connectivity index (χ1v) is 12.8. The van der Waals surface area contributed by atoms with E-state index in [2.05, 4.69) is 9.88 Å². The summed E-state index contributed by atoms with van der Waals surface area (Å²) in [4.78, 5) is 20.0. The SMILES string of the molecule is COCCOCOCCC1C[C@@H]2CN3CCc4c([nH]c5cc(OC)c(OC)cc45)C(C(=O)OC)(C2)C13. The number of carbonyl (C=O) groups is 1. The zero-order valence-electron chi connectivity index (χ0n) is 21.8. The number of H-pyrrole nitrogens is 1. The van der Waals surface area contributed by atoms with Crippen LogP contribution in [0.25, 0.3) is 10.9 Å². The molecule has 6 rings (SSSR count). The lowest BCUT2D eigenvalue weighted by atomic mass is 9.56. The number of aromatic nitrogens is 1. The zero-order valence-corrected chi connectivity index (χ0v) is 21.8. The fourth-order valence-corrected chi connectivity index (χ4v) is 7.08. The van der Waals surface area contributed by atoms with Crippen molar-refractivity contribution in [2.45, 2.75) is 37.1 Å². The Hall–Kier alpha value is -2.33. The van der Waals surface area contributed by atoms with Crippen molar-refractivity contribution in [1.29, 1.82) is 0 Å². The largest absolute Gasteiger partial charge is 0.493 e. The number of fused-ring (bicyclic) bond motifs is 4. The molecule has 36 heavy (non-hydrogen) atoms. The molecule has 5 atom stereocenters. The molecular formula is C27H38N2O7. The third-order valence-corrected chi connectivity index (χ3v) is 8.37. The highest BCUT2D eigenvalue weighted by molar-refractivity contribution is 5.93. The van der Waals surface area contributed by atoms with Gasteiger partial charge in [0.15, 0.2) is 11.5 Å². The molecule has 1 aromatic carbocycles. The Balaban J connectivity index is 1.49. The number of ether oxygens (including phenoxy) is 6. The molecule has 198 valence electrons. The summed E-state index contributed by atoms with van der Waals surface area (Å²) < 4.78 is 32.9. The first-order valence-electron chi connectivity index (χ1n) is 12.8. The molecule has 1 saturated carbocycles. The average molecular weight is 503 g/mol. The Morgan fingerprint density at radius 2 is 1.86 bits per heavy atom. The van der Waals surface area contributed by atoms with Crippen LogP contribution >= 0.6 is 0 Å². The number of carbonyl (C=O) groups excluding carboxylic acids is 1. The number of hydrogen-bond acceptors (Lipinski definition) is 8. The van der Waals surface area contributed by atoms with Crippen LogP contribution in [0.2, 0.25) is 0 Å². The van der Waals surface area contributed by atoms with Crippen molar-refractivity contribution in [3.05, 3.63) is 23.4 Å². The maximum atomic E-state index is 13.8. The second-order valence-electron chi connectivity index (χ2n) is 10.2. The Bertz CT molecular complexity index is 1090. The number of piperidine rings is 2. The van der Waals surface area contributed by atoms with E-state index in [0.29, 0.717) is 43.2 Å². The highest BCUT2D eigenvalue weighted by Gasteiger charge is 2.62. The molecule has 4 unspecified atom stereocenters. The van der Waals surface area contributed by atoms with E-state index in [0.717, 1.165) is 55.4 Å². The van der Waals surface area contributed by atoms with Crippen molar-refractivity contribution in [3.63, 3.8) is 0 Å². The van der Waals surface area contributed by atoms with Gasteiger partial charge in [0.2, 0.25) is 0 Å². The van der Waals surface area contributed by atoms with Crippen molar-refractivity contribution in [2.24, 2.45) is 11.8 Å². The monoisotopic (exact) mass is 502 g/mol. The van der Waals surface area contributed by atoms with Gasteiger partial charge in [-0.2, -0.15) is 0 Å². The second-order valence-corrected chi connectivity index (χ2v) is 10.2. The van der Waals surface area contributed by atoms with Gasteiger partial charge in [0.1, 0.15) is 12.2 Å². The molecule has 4 heterocycles. The first kappa shape index (κ1) is 25.3. The van der Waals surface area contributed by atoms with Gasteiger partial charge in [-0.15, -0.1) is 0 Å². The molecule has 0 radical (unpaired) electrons. The normalized spacial score (nSPS) is 28.6. The van der Waals surface area contributed by atoms with E-state index >= 15 is 0 Å². The Morgan fingerprint density at radius 3 is 2.61 bits per heavy atom. The fraction of sp³-hybridized carbons (Fsp3) is 0.667. The summed E-state index contributed by atoms with van der Waals surface area (Å²) in [5.41, 5.74) is 2.42. The van der Waals surface area contributed by atoms with Crippen LogP contribution in [0.15, 0.2) is 12.1 Å². The molecule has 9 heteroatoms. The molecule has 9 nitrogen and oxygen atoms in total. The number of methoxy groups -OCH3 is 4. The van der Waals surface area contributed by atoms with Gasteiger partial charge in [-0.05, 0) is 49.1 Å². The molecule has 3 fully saturated rings. The van der Waals surface area contributed by atoms with Crippen LogP contribution in [0.4, 0.5) is 0 Å². The van der Waals surface area contributed by atoms with Gasteiger partial charge in [0, 0.05) is 55.5 Å². The van der Waals surface area contributed by atoms with Crippen LogP contribution in [0.5, 0.6) is 11.5 Å². The van der Waals surface area contributed by atoms with Crippen LogP contribution < -0.4 is 9.47 Å². The van der Waals surface area contributed by atoms with E-state index in [-0.39, 0.29) is 18.8 Å². The van der Waals surface area contributed by atoms with E-state index < -0.39 is 5.41 Å². The molecule has 1 aliphatic carbocycles. The van der Waals surface area contributed by atoms with E-state index in [9.17, 15) is 4.79 Å². The second kappa shape index (κ2) is 10.6. The number of hydrogen-bond donors (Lipinski definition) is 1. The summed E-state index contributed by atoms with van der Waals surface area (Å²) in [7, 11) is 6.46. The van der Waals surface area contributed by atoms with Gasteiger partial charge in [-0.25, -0.2) is 0 Å². The van der Waals surface area contributed by atoms with Gasteiger partial charge in [0.25, 0.3) is 0 Å². The maximum Gasteiger partial charge on any atom is 0.319 e. The maximum absolute atomic E-state index is 13.8. The molecule has 3 aliphatic heterocycles. The molecule has 1 N–H and O–H groups in total. The van der Waals surface area contributed by atoms with Crippen LogP contribution in [0, 0.1) is 11.8 Å². The minimum Gasteiger partial charge on any atom is -0.493 e. The number of benzene rings is 1. The summed E-state index contributed by atoms with van der Waals surface area (Å²) in [5.74, 6) is 1.97. The van der Waals surface area contributed by atoms with Gasteiger partial charge in [-0.1, -0.05) is 0 Å². The Labute approximate surface area is 212 Å². The van der Waals surface area contributed by atoms with Crippen LogP contribution in [-0.2, 0) is 35.6 Å². The molecule has 4 bridgehead atoms. The summed E-state index contributed by atoms with van der Waals surface area (Å²) in [5, 5.41) is 1.09.